The lowest BCUT2D eigenvalue weighted by molar-refractivity contribution is -0.145. The molecule has 0 aromatic heterocycles. The Morgan fingerprint density at radius 1 is 1.56 bits per heavy atom. The molecule has 0 bridgehead atoms. The molecule has 0 saturated heterocycles. The van der Waals surface area contributed by atoms with Gasteiger partial charge in [-0.05, 0) is 45.4 Å². The van der Waals surface area contributed by atoms with Crippen molar-refractivity contribution >= 4 is 5.91 Å². The maximum atomic E-state index is 12.0. The van der Waals surface area contributed by atoms with Gasteiger partial charge in [0.1, 0.15) is 6.10 Å². The average Bonchev–Trinajstić information content (AvgIpc) is 2.71. The first-order chi connectivity index (χ1) is 8.42. The number of amides is 1. The minimum atomic E-state index is -0.423. The summed E-state index contributed by atoms with van der Waals surface area (Å²) < 4.78 is 5.99. The van der Waals surface area contributed by atoms with E-state index in [1.807, 2.05) is 13.8 Å². The summed E-state index contributed by atoms with van der Waals surface area (Å²) in [6, 6.07) is 0.194. The van der Waals surface area contributed by atoms with Gasteiger partial charge in [-0.1, -0.05) is 13.8 Å². The van der Waals surface area contributed by atoms with Gasteiger partial charge < -0.3 is 15.8 Å². The van der Waals surface area contributed by atoms with Crippen LogP contribution in [0.15, 0.2) is 0 Å². The second kappa shape index (κ2) is 6.53. The number of carbonyl (C=O) groups is 1. The minimum Gasteiger partial charge on any atom is -0.361 e. The summed E-state index contributed by atoms with van der Waals surface area (Å²) in [6.07, 6.45) is 3.57. The third kappa shape index (κ3) is 3.95. The lowest BCUT2D eigenvalue weighted by Crippen LogP contribution is -2.47. The standard InChI is InChI=1S/C14H28N2O2/c1-5-11(3)16-13(17)12(4)18-14(9-15)7-6-10(2)8-14/h10-12H,5-9,15H2,1-4H3,(H,16,17). The van der Waals surface area contributed by atoms with Crippen LogP contribution in [0.5, 0.6) is 0 Å². The zero-order valence-corrected chi connectivity index (χ0v) is 12.2. The summed E-state index contributed by atoms with van der Waals surface area (Å²) >= 11 is 0. The fourth-order valence-corrected chi connectivity index (χ4v) is 2.58. The minimum absolute atomic E-state index is 0.0308. The molecule has 1 fully saturated rings. The number of rotatable bonds is 6. The Balaban J connectivity index is 2.52. The van der Waals surface area contributed by atoms with Crippen molar-refractivity contribution in [2.24, 2.45) is 11.7 Å². The van der Waals surface area contributed by atoms with Gasteiger partial charge in [-0.25, -0.2) is 0 Å². The number of nitrogens with two attached hydrogens (primary N) is 1. The average molecular weight is 256 g/mol. The number of hydrogen-bond acceptors (Lipinski definition) is 3. The van der Waals surface area contributed by atoms with E-state index in [1.54, 1.807) is 0 Å². The smallest absolute Gasteiger partial charge is 0.249 e. The molecule has 106 valence electrons. The highest BCUT2D eigenvalue weighted by Crippen LogP contribution is 2.37. The van der Waals surface area contributed by atoms with Crippen molar-refractivity contribution < 1.29 is 9.53 Å². The highest BCUT2D eigenvalue weighted by molar-refractivity contribution is 5.80. The van der Waals surface area contributed by atoms with Crippen LogP contribution in [0.2, 0.25) is 0 Å². The largest absolute Gasteiger partial charge is 0.361 e. The van der Waals surface area contributed by atoms with Crippen LogP contribution < -0.4 is 11.1 Å². The molecule has 1 amide bonds. The second-order valence-corrected chi connectivity index (χ2v) is 5.81. The summed E-state index contributed by atoms with van der Waals surface area (Å²) in [7, 11) is 0. The summed E-state index contributed by atoms with van der Waals surface area (Å²) in [5.74, 6) is 0.607. The van der Waals surface area contributed by atoms with Crippen molar-refractivity contribution in [3.63, 3.8) is 0 Å². The van der Waals surface area contributed by atoms with Crippen LogP contribution in [0.3, 0.4) is 0 Å². The molecule has 0 aliphatic heterocycles. The van der Waals surface area contributed by atoms with Crippen LogP contribution in [-0.4, -0.2) is 30.2 Å². The predicted octanol–water partition coefficient (Wildman–Crippen LogP) is 1.82. The first kappa shape index (κ1) is 15.4. The normalized spacial score (nSPS) is 31.1. The Bertz CT molecular complexity index is 283. The third-order valence-corrected chi connectivity index (χ3v) is 3.98. The molecule has 1 rings (SSSR count). The molecule has 18 heavy (non-hydrogen) atoms. The molecule has 0 heterocycles. The monoisotopic (exact) mass is 256 g/mol. The first-order valence-electron chi connectivity index (χ1n) is 7.10. The Morgan fingerprint density at radius 3 is 2.67 bits per heavy atom. The Morgan fingerprint density at radius 2 is 2.22 bits per heavy atom. The third-order valence-electron chi connectivity index (χ3n) is 3.98. The molecule has 4 atom stereocenters. The number of ether oxygens (including phenoxy) is 1. The van der Waals surface area contributed by atoms with Crippen molar-refractivity contribution in [2.75, 3.05) is 6.54 Å². The van der Waals surface area contributed by atoms with Crippen molar-refractivity contribution in [3.8, 4) is 0 Å². The van der Waals surface area contributed by atoms with Crippen LogP contribution in [0, 0.1) is 5.92 Å². The zero-order chi connectivity index (χ0) is 13.8. The highest BCUT2D eigenvalue weighted by Gasteiger charge is 2.39. The zero-order valence-electron chi connectivity index (χ0n) is 12.2. The SMILES string of the molecule is CCC(C)NC(=O)C(C)OC1(CN)CCC(C)C1. The molecule has 4 unspecified atom stereocenters. The van der Waals surface area contributed by atoms with Crippen molar-refractivity contribution in [1.29, 1.82) is 0 Å². The number of carbonyl (C=O) groups excluding carboxylic acids is 1. The molecule has 0 aromatic carbocycles. The van der Waals surface area contributed by atoms with Crippen molar-refractivity contribution in [2.45, 2.75) is 71.1 Å². The van der Waals surface area contributed by atoms with E-state index in [0.717, 1.165) is 25.7 Å². The Kier molecular flexibility index (Phi) is 5.60. The molecular formula is C14H28N2O2. The van der Waals surface area contributed by atoms with Crippen LogP contribution in [0.1, 0.15) is 53.4 Å². The van der Waals surface area contributed by atoms with Gasteiger partial charge >= 0.3 is 0 Å². The van der Waals surface area contributed by atoms with Gasteiger partial charge in [0.15, 0.2) is 0 Å². The van der Waals surface area contributed by atoms with Gasteiger partial charge in [0.25, 0.3) is 0 Å². The van der Waals surface area contributed by atoms with E-state index in [0.29, 0.717) is 12.5 Å². The van der Waals surface area contributed by atoms with Gasteiger partial charge in [-0.15, -0.1) is 0 Å². The molecule has 1 aliphatic carbocycles. The summed E-state index contributed by atoms with van der Waals surface area (Å²) in [5, 5.41) is 2.95. The number of nitrogens with one attached hydrogen (secondary N) is 1. The summed E-state index contributed by atoms with van der Waals surface area (Å²) in [4.78, 5) is 12.0. The van der Waals surface area contributed by atoms with E-state index in [1.165, 1.54) is 0 Å². The maximum absolute atomic E-state index is 12.0. The maximum Gasteiger partial charge on any atom is 0.249 e. The van der Waals surface area contributed by atoms with Crippen LogP contribution in [-0.2, 0) is 9.53 Å². The van der Waals surface area contributed by atoms with Gasteiger partial charge in [0.05, 0.1) is 5.60 Å². The lowest BCUT2D eigenvalue weighted by atomic mass is 10.0. The summed E-state index contributed by atoms with van der Waals surface area (Å²) in [5.41, 5.74) is 5.56. The molecule has 4 nitrogen and oxygen atoms in total. The summed E-state index contributed by atoms with van der Waals surface area (Å²) in [6.45, 7) is 8.58. The van der Waals surface area contributed by atoms with E-state index >= 15 is 0 Å². The van der Waals surface area contributed by atoms with Gasteiger partial charge in [-0.2, -0.15) is 0 Å². The predicted molar refractivity (Wildman–Crippen MR) is 73.2 cm³/mol. The molecule has 0 spiro atoms. The van der Waals surface area contributed by atoms with E-state index in [-0.39, 0.29) is 17.6 Å². The topological polar surface area (TPSA) is 64.3 Å². The molecule has 3 N–H and O–H groups in total. The Labute approximate surface area is 111 Å². The molecule has 0 aromatic rings. The fourth-order valence-electron chi connectivity index (χ4n) is 2.58. The van der Waals surface area contributed by atoms with E-state index in [2.05, 4.69) is 19.2 Å². The van der Waals surface area contributed by atoms with Crippen molar-refractivity contribution in [3.05, 3.63) is 0 Å². The van der Waals surface area contributed by atoms with E-state index < -0.39 is 6.10 Å². The number of hydrogen-bond donors (Lipinski definition) is 2. The molecular weight excluding hydrogens is 228 g/mol. The first-order valence-corrected chi connectivity index (χ1v) is 7.10. The Hall–Kier alpha value is -0.610. The highest BCUT2D eigenvalue weighted by atomic mass is 16.5. The fraction of sp³-hybridized carbons (Fsp3) is 0.929. The lowest BCUT2D eigenvalue weighted by Gasteiger charge is -2.31. The second-order valence-electron chi connectivity index (χ2n) is 5.81. The van der Waals surface area contributed by atoms with Gasteiger partial charge in [-0.3, -0.25) is 4.79 Å². The van der Waals surface area contributed by atoms with E-state index in [9.17, 15) is 4.79 Å². The molecule has 4 heteroatoms. The van der Waals surface area contributed by atoms with E-state index in [4.69, 9.17) is 10.5 Å². The molecule has 0 radical (unpaired) electrons. The van der Waals surface area contributed by atoms with Crippen molar-refractivity contribution in [1.82, 2.24) is 5.32 Å². The van der Waals surface area contributed by atoms with Crippen LogP contribution in [0.4, 0.5) is 0 Å². The quantitative estimate of drug-likeness (QED) is 0.762. The van der Waals surface area contributed by atoms with Gasteiger partial charge in [0, 0.05) is 12.6 Å². The van der Waals surface area contributed by atoms with Gasteiger partial charge in [0.2, 0.25) is 5.91 Å². The molecule has 1 aliphatic rings. The van der Waals surface area contributed by atoms with Crippen LogP contribution >= 0.6 is 0 Å². The van der Waals surface area contributed by atoms with Crippen LogP contribution in [0.25, 0.3) is 0 Å². The molecule has 1 saturated carbocycles.